The molecule has 0 aliphatic carbocycles. The van der Waals surface area contributed by atoms with Crippen LogP contribution in [-0.2, 0) is 9.31 Å². The fraction of sp³-hybridized carbons (Fsp3) is 0.667. The standard InChI is InChI=1S/C12H20BN3O2/c1-11(2)12(3,4)18-13(17-11)9-7-14-8-10(15-9)16(5)6/h7-8H,1-6H3/i5D3,6D3,7D,8D. The fourth-order valence-electron chi connectivity index (χ4n) is 1.46. The maximum atomic E-state index is 7.93. The lowest BCUT2D eigenvalue weighted by atomic mass is 9.85. The molecule has 6 heteroatoms. The van der Waals surface area contributed by atoms with Crippen molar-refractivity contribution in [2.45, 2.75) is 38.9 Å². The molecule has 0 atom stereocenters. The van der Waals surface area contributed by atoms with Crippen LogP contribution in [0.25, 0.3) is 0 Å². The Balaban J connectivity index is 2.58. The van der Waals surface area contributed by atoms with Gasteiger partial charge in [0.15, 0.2) is 0 Å². The third-order valence-electron chi connectivity index (χ3n) is 3.24. The molecule has 0 spiro atoms. The zero-order valence-electron chi connectivity index (χ0n) is 18.7. The van der Waals surface area contributed by atoms with Gasteiger partial charge in [-0.2, -0.15) is 0 Å². The number of aromatic nitrogens is 2. The van der Waals surface area contributed by atoms with Crippen LogP contribution in [0.15, 0.2) is 12.3 Å². The molecule has 1 aromatic rings. The molecule has 18 heavy (non-hydrogen) atoms. The van der Waals surface area contributed by atoms with Crippen LogP contribution in [-0.4, -0.2) is 42.2 Å². The van der Waals surface area contributed by atoms with Crippen LogP contribution < -0.4 is 10.5 Å². The van der Waals surface area contributed by atoms with Gasteiger partial charge in [-0.3, -0.25) is 4.98 Å². The zero-order valence-corrected chi connectivity index (χ0v) is 10.7. The van der Waals surface area contributed by atoms with Crippen molar-refractivity contribution in [1.29, 1.82) is 0 Å². The average molecular weight is 257 g/mol. The molecule has 0 bridgehead atoms. The SMILES string of the molecule is [2H]c1nc([2H])c(N(C([2H])([2H])[2H])C([2H])([2H])[2H])nc1B1OC(C)(C)C(C)(C)O1. The lowest BCUT2D eigenvalue weighted by Gasteiger charge is -2.32. The Bertz CT molecular complexity index is 677. The predicted octanol–water partition coefficient (Wildman–Crippen LogP) is 0.842. The summed E-state index contributed by atoms with van der Waals surface area (Å²) < 4.78 is 72.1. The van der Waals surface area contributed by atoms with Crippen LogP contribution in [0.3, 0.4) is 0 Å². The van der Waals surface area contributed by atoms with Gasteiger partial charge in [-0.25, -0.2) is 4.98 Å². The quantitative estimate of drug-likeness (QED) is 0.735. The summed E-state index contributed by atoms with van der Waals surface area (Å²) in [6, 6.07) is 0. The Morgan fingerprint density at radius 1 is 1.22 bits per heavy atom. The average Bonchev–Trinajstić information content (AvgIpc) is 2.58. The third-order valence-corrected chi connectivity index (χ3v) is 3.24. The number of hydrogen-bond acceptors (Lipinski definition) is 5. The topological polar surface area (TPSA) is 47.5 Å². The molecule has 0 aromatic carbocycles. The van der Waals surface area contributed by atoms with E-state index in [-0.39, 0.29) is 10.5 Å². The van der Waals surface area contributed by atoms with Crippen molar-refractivity contribution in [2.75, 3.05) is 18.9 Å². The van der Waals surface area contributed by atoms with Gasteiger partial charge in [0.05, 0.1) is 25.7 Å². The molecule has 98 valence electrons. The van der Waals surface area contributed by atoms with Crippen LogP contribution in [0, 0.1) is 0 Å². The minimum atomic E-state index is -3.09. The zero-order chi connectivity index (χ0) is 20.3. The maximum absolute atomic E-state index is 7.93. The fourth-order valence-corrected chi connectivity index (χ4v) is 1.46. The van der Waals surface area contributed by atoms with Crippen LogP contribution in [0.2, 0.25) is 0 Å². The molecule has 1 fully saturated rings. The van der Waals surface area contributed by atoms with E-state index in [4.69, 9.17) is 20.3 Å². The normalized spacial score (nSPS) is 29.0. The molecule has 1 aliphatic rings. The Labute approximate surface area is 120 Å². The van der Waals surface area contributed by atoms with E-state index in [1.165, 1.54) is 0 Å². The van der Waals surface area contributed by atoms with E-state index in [1.807, 2.05) is 0 Å². The molecular formula is C12H20BN3O2. The Kier molecular flexibility index (Phi) is 1.48. The Morgan fingerprint density at radius 3 is 2.39 bits per heavy atom. The molecule has 0 radical (unpaired) electrons. The van der Waals surface area contributed by atoms with Crippen LogP contribution in [0.1, 0.15) is 38.7 Å². The van der Waals surface area contributed by atoms with E-state index in [1.54, 1.807) is 27.7 Å². The van der Waals surface area contributed by atoms with E-state index in [9.17, 15) is 0 Å². The maximum Gasteiger partial charge on any atom is 0.516 e. The summed E-state index contributed by atoms with van der Waals surface area (Å²) in [5.74, 6) is -0.689. The van der Waals surface area contributed by atoms with Gasteiger partial charge in [-0.1, -0.05) is 0 Å². The number of rotatable bonds is 2. The van der Waals surface area contributed by atoms with Crippen molar-refractivity contribution >= 4 is 18.5 Å². The minimum absolute atomic E-state index is 0.0590. The lowest BCUT2D eigenvalue weighted by molar-refractivity contribution is 0.00578. The third kappa shape index (κ3) is 2.22. The van der Waals surface area contributed by atoms with Crippen molar-refractivity contribution in [3.8, 4) is 0 Å². The van der Waals surface area contributed by atoms with Gasteiger partial charge in [0.2, 0.25) is 0 Å². The molecular weight excluding hydrogens is 229 g/mol. The van der Waals surface area contributed by atoms with Gasteiger partial charge in [-0.05, 0) is 27.7 Å². The molecule has 0 N–H and O–H groups in total. The smallest absolute Gasteiger partial charge is 0.398 e. The Hall–Kier alpha value is -1.14. The lowest BCUT2D eigenvalue weighted by Crippen LogP contribution is -2.41. The summed E-state index contributed by atoms with van der Waals surface area (Å²) in [7, 11) is -1.14. The largest absolute Gasteiger partial charge is 0.516 e. The van der Waals surface area contributed by atoms with Gasteiger partial charge < -0.3 is 14.2 Å². The summed E-state index contributed by atoms with van der Waals surface area (Å²) in [6.45, 7) is 0.933. The molecule has 2 rings (SSSR count). The second kappa shape index (κ2) is 4.21. The first kappa shape index (κ1) is 6.35. The first-order valence-electron chi connectivity index (χ1n) is 9.48. The van der Waals surface area contributed by atoms with Gasteiger partial charge in [0.1, 0.15) is 5.82 Å². The molecule has 0 saturated carbocycles. The molecule has 0 amide bonds. The first-order chi connectivity index (χ1) is 11.5. The summed E-state index contributed by atoms with van der Waals surface area (Å²) in [5, 5.41) is 0. The molecule has 1 aromatic heterocycles. The predicted molar refractivity (Wildman–Crippen MR) is 72.1 cm³/mol. The van der Waals surface area contributed by atoms with Crippen LogP contribution in [0.4, 0.5) is 5.82 Å². The van der Waals surface area contributed by atoms with Crippen molar-refractivity contribution in [1.82, 2.24) is 9.97 Å². The molecule has 1 aliphatic heterocycles. The number of anilines is 1. The summed E-state index contributed by atoms with van der Waals surface area (Å²) in [5.41, 5.74) is -1.69. The number of nitrogens with zero attached hydrogens (tertiary/aromatic N) is 3. The van der Waals surface area contributed by atoms with Gasteiger partial charge in [0.25, 0.3) is 0 Å². The highest BCUT2D eigenvalue weighted by atomic mass is 16.7. The highest BCUT2D eigenvalue weighted by Gasteiger charge is 2.52. The molecule has 5 nitrogen and oxygen atoms in total. The number of hydrogen-bond donors (Lipinski definition) is 0. The van der Waals surface area contributed by atoms with E-state index in [0.29, 0.717) is 0 Å². The second-order valence-corrected chi connectivity index (χ2v) is 5.08. The molecule has 1 saturated heterocycles. The summed E-state index contributed by atoms with van der Waals surface area (Å²) in [6.07, 6.45) is -1.18. The van der Waals surface area contributed by atoms with E-state index in [2.05, 4.69) is 9.97 Å². The van der Waals surface area contributed by atoms with E-state index >= 15 is 0 Å². The van der Waals surface area contributed by atoms with Crippen LogP contribution in [0.5, 0.6) is 0 Å². The monoisotopic (exact) mass is 257 g/mol. The van der Waals surface area contributed by atoms with Gasteiger partial charge in [-0.15, -0.1) is 0 Å². The molecule has 2 heterocycles. The van der Waals surface area contributed by atoms with Gasteiger partial charge >= 0.3 is 7.12 Å². The van der Waals surface area contributed by atoms with Gasteiger partial charge in [0, 0.05) is 28.3 Å². The minimum Gasteiger partial charge on any atom is -0.398 e. The Morgan fingerprint density at radius 2 is 1.83 bits per heavy atom. The summed E-state index contributed by atoms with van der Waals surface area (Å²) in [4.78, 5) is 7.63. The summed E-state index contributed by atoms with van der Waals surface area (Å²) >= 11 is 0. The molecule has 0 unspecified atom stereocenters. The van der Waals surface area contributed by atoms with Crippen molar-refractivity contribution < 1.29 is 20.3 Å². The van der Waals surface area contributed by atoms with Crippen LogP contribution >= 0.6 is 0 Å². The van der Waals surface area contributed by atoms with E-state index < -0.39 is 50.4 Å². The first-order valence-corrected chi connectivity index (χ1v) is 5.48. The highest BCUT2D eigenvalue weighted by Crippen LogP contribution is 2.36. The van der Waals surface area contributed by atoms with Crippen molar-refractivity contribution in [2.24, 2.45) is 0 Å². The van der Waals surface area contributed by atoms with Crippen molar-refractivity contribution in [3.05, 3.63) is 12.3 Å². The second-order valence-electron chi connectivity index (χ2n) is 5.08. The van der Waals surface area contributed by atoms with E-state index in [0.717, 1.165) is 0 Å². The highest BCUT2D eigenvalue weighted by molar-refractivity contribution is 6.61. The van der Waals surface area contributed by atoms with Crippen molar-refractivity contribution in [3.63, 3.8) is 0 Å².